The summed E-state index contributed by atoms with van der Waals surface area (Å²) >= 11 is 1.58. The van der Waals surface area contributed by atoms with E-state index >= 15 is 0 Å². The number of allylic oxidation sites excluding steroid dienone is 1. The minimum absolute atomic E-state index is 0.0332. The monoisotopic (exact) mass is 485 g/mol. The van der Waals surface area contributed by atoms with Crippen LogP contribution in [0.1, 0.15) is 49.6 Å². The van der Waals surface area contributed by atoms with Crippen molar-refractivity contribution >= 4 is 39.2 Å². The molecule has 0 bridgehead atoms. The number of fused-ring (bicyclic) bond motifs is 1. The Morgan fingerprint density at radius 1 is 1.29 bits per heavy atom. The van der Waals surface area contributed by atoms with Gasteiger partial charge >= 0.3 is 0 Å². The van der Waals surface area contributed by atoms with Gasteiger partial charge in [0.1, 0.15) is 0 Å². The Balaban J connectivity index is 1.77. The molecule has 3 rings (SSSR count). The van der Waals surface area contributed by atoms with Crippen molar-refractivity contribution < 1.29 is 19.1 Å². The van der Waals surface area contributed by atoms with E-state index in [1.807, 2.05) is 6.07 Å². The van der Waals surface area contributed by atoms with Crippen LogP contribution in [-0.2, 0) is 32.0 Å². The molecule has 1 aromatic heterocycles. The van der Waals surface area contributed by atoms with Crippen LogP contribution in [-0.4, -0.2) is 48.9 Å². The molecule has 0 saturated carbocycles. The van der Waals surface area contributed by atoms with E-state index in [-0.39, 0.29) is 36.0 Å². The lowest BCUT2D eigenvalue weighted by atomic mass is 9.87. The molecule has 184 valence electrons. The van der Waals surface area contributed by atoms with Crippen molar-refractivity contribution in [2.75, 3.05) is 20.3 Å². The van der Waals surface area contributed by atoms with Crippen LogP contribution < -0.4 is 10.6 Å². The van der Waals surface area contributed by atoms with E-state index in [9.17, 15) is 14.4 Å². The van der Waals surface area contributed by atoms with Crippen molar-refractivity contribution in [3.63, 3.8) is 0 Å². The van der Waals surface area contributed by atoms with Gasteiger partial charge in [0.05, 0.1) is 21.1 Å². The normalized spacial score (nSPS) is 16.1. The predicted molar refractivity (Wildman–Crippen MR) is 135 cm³/mol. The number of carbonyl (C=O) groups is 3. The summed E-state index contributed by atoms with van der Waals surface area (Å²) in [7, 11) is 1.58. The zero-order valence-electron chi connectivity index (χ0n) is 20.1. The Morgan fingerprint density at radius 2 is 2.06 bits per heavy atom. The van der Waals surface area contributed by atoms with Gasteiger partial charge in [0.25, 0.3) is 0 Å². The summed E-state index contributed by atoms with van der Waals surface area (Å²) in [5, 5.41) is 6.66. The van der Waals surface area contributed by atoms with Gasteiger partial charge in [-0.25, -0.2) is 4.98 Å². The molecule has 2 N–H and O–H groups in total. The quantitative estimate of drug-likeness (QED) is 0.448. The van der Waals surface area contributed by atoms with Crippen molar-refractivity contribution in [3.8, 4) is 0 Å². The van der Waals surface area contributed by atoms with Crippen LogP contribution in [0.5, 0.6) is 0 Å². The Morgan fingerprint density at radius 3 is 2.74 bits per heavy atom. The number of aromatic nitrogens is 1. The van der Waals surface area contributed by atoms with Crippen LogP contribution in [0, 0.1) is 11.8 Å². The fourth-order valence-electron chi connectivity index (χ4n) is 4.36. The van der Waals surface area contributed by atoms with Gasteiger partial charge in [0.2, 0.25) is 11.8 Å². The lowest BCUT2D eigenvalue weighted by Gasteiger charge is -2.32. The number of aryl methyl sites for hydroxylation is 1. The smallest absolute Gasteiger partial charge is 0.224 e. The highest BCUT2D eigenvalue weighted by molar-refractivity contribution is 7.18. The van der Waals surface area contributed by atoms with E-state index in [1.54, 1.807) is 18.4 Å². The molecule has 2 heterocycles. The lowest BCUT2D eigenvalue weighted by molar-refractivity contribution is -0.131. The van der Waals surface area contributed by atoms with Gasteiger partial charge < -0.3 is 15.4 Å². The standard InChI is InChI=1S/C26H35N3O4S/c1-4-17-6-8-22-23(14-17)34-25(28-22)16-19(15-24(31)27-3)26(32)29-21(9-7-20(30)5-2)18-10-12-33-13-11-18/h5-6,8,14,18-19,21H,2,4,7,9-13,15-16H2,1,3H3,(H,27,31)(H,29,32)/t19-,21+/m0/s1. The second-order valence-corrected chi connectivity index (χ2v) is 9.93. The molecule has 0 aliphatic carbocycles. The third-order valence-electron chi connectivity index (χ3n) is 6.50. The molecule has 0 radical (unpaired) electrons. The van der Waals surface area contributed by atoms with Crippen LogP contribution in [0.2, 0.25) is 0 Å². The van der Waals surface area contributed by atoms with E-state index < -0.39 is 5.92 Å². The number of carbonyl (C=O) groups excluding carboxylic acids is 3. The van der Waals surface area contributed by atoms with Crippen LogP contribution in [0.25, 0.3) is 10.2 Å². The maximum absolute atomic E-state index is 13.4. The summed E-state index contributed by atoms with van der Waals surface area (Å²) in [6.07, 6.45) is 5.33. The first-order valence-corrected chi connectivity index (χ1v) is 12.9. The van der Waals surface area contributed by atoms with Crippen molar-refractivity contribution in [1.82, 2.24) is 15.6 Å². The van der Waals surface area contributed by atoms with Crippen LogP contribution >= 0.6 is 11.3 Å². The molecule has 1 aliphatic rings. The van der Waals surface area contributed by atoms with Gasteiger partial charge in [-0.2, -0.15) is 0 Å². The van der Waals surface area contributed by atoms with Gasteiger partial charge in [-0.3, -0.25) is 14.4 Å². The summed E-state index contributed by atoms with van der Waals surface area (Å²) < 4.78 is 6.58. The highest BCUT2D eigenvalue weighted by atomic mass is 32.1. The molecule has 1 saturated heterocycles. The van der Waals surface area contributed by atoms with Crippen molar-refractivity contribution in [2.24, 2.45) is 11.8 Å². The van der Waals surface area contributed by atoms with E-state index in [0.717, 1.165) is 34.5 Å². The lowest BCUT2D eigenvalue weighted by Crippen LogP contribution is -2.46. The zero-order valence-corrected chi connectivity index (χ0v) is 20.9. The number of hydrogen-bond donors (Lipinski definition) is 2. The fraction of sp³-hybridized carbons (Fsp3) is 0.538. The SMILES string of the molecule is C=CC(=O)CC[C@@H](NC(=O)[C@@H](CC(=O)NC)Cc1nc2ccc(CC)cc2s1)C1CCOCC1. The number of amides is 2. The molecule has 1 aromatic carbocycles. The highest BCUT2D eigenvalue weighted by Gasteiger charge is 2.30. The first kappa shape index (κ1) is 26.0. The Hall–Kier alpha value is -2.58. The van der Waals surface area contributed by atoms with E-state index in [2.05, 4.69) is 36.3 Å². The van der Waals surface area contributed by atoms with Gasteiger partial charge in [-0.05, 0) is 55.4 Å². The Labute approximate surface area is 205 Å². The van der Waals surface area contributed by atoms with E-state index in [0.29, 0.717) is 32.5 Å². The topological polar surface area (TPSA) is 97.4 Å². The molecule has 34 heavy (non-hydrogen) atoms. The van der Waals surface area contributed by atoms with E-state index in [1.165, 1.54) is 11.6 Å². The molecular weight excluding hydrogens is 450 g/mol. The van der Waals surface area contributed by atoms with Gasteiger partial charge in [0, 0.05) is 45.6 Å². The number of rotatable bonds is 12. The van der Waals surface area contributed by atoms with Crippen molar-refractivity contribution in [1.29, 1.82) is 0 Å². The van der Waals surface area contributed by atoms with Gasteiger partial charge in [0.15, 0.2) is 5.78 Å². The van der Waals surface area contributed by atoms with Crippen LogP contribution in [0.4, 0.5) is 0 Å². The Kier molecular flexibility index (Phi) is 9.77. The molecule has 7 nitrogen and oxygen atoms in total. The highest BCUT2D eigenvalue weighted by Crippen LogP contribution is 2.27. The number of benzene rings is 1. The number of hydrogen-bond acceptors (Lipinski definition) is 6. The molecule has 1 aliphatic heterocycles. The molecule has 8 heteroatoms. The second-order valence-electron chi connectivity index (χ2n) is 8.82. The summed E-state index contributed by atoms with van der Waals surface area (Å²) in [4.78, 5) is 42.2. The second kappa shape index (κ2) is 12.8. The summed E-state index contributed by atoms with van der Waals surface area (Å²) in [5.41, 5.74) is 2.16. The van der Waals surface area contributed by atoms with Crippen molar-refractivity contribution in [2.45, 2.75) is 57.9 Å². The third kappa shape index (κ3) is 7.21. The maximum atomic E-state index is 13.4. The first-order valence-electron chi connectivity index (χ1n) is 12.1. The Bertz CT molecular complexity index is 1010. The molecule has 2 aromatic rings. The van der Waals surface area contributed by atoms with E-state index in [4.69, 9.17) is 9.72 Å². The average molecular weight is 486 g/mol. The number of ether oxygens (including phenoxy) is 1. The molecule has 2 atom stereocenters. The number of thiazole rings is 1. The van der Waals surface area contributed by atoms with Gasteiger partial charge in [-0.15, -0.1) is 11.3 Å². The average Bonchev–Trinajstić information content (AvgIpc) is 3.27. The summed E-state index contributed by atoms with van der Waals surface area (Å²) in [6, 6.07) is 6.08. The third-order valence-corrected chi connectivity index (χ3v) is 7.54. The van der Waals surface area contributed by atoms with Crippen LogP contribution in [0.3, 0.4) is 0 Å². The predicted octanol–water partition coefficient (Wildman–Crippen LogP) is 3.60. The molecule has 0 unspecified atom stereocenters. The first-order chi connectivity index (χ1) is 16.4. The molecule has 2 amide bonds. The fourth-order valence-corrected chi connectivity index (χ4v) is 5.47. The maximum Gasteiger partial charge on any atom is 0.224 e. The minimum Gasteiger partial charge on any atom is -0.381 e. The van der Waals surface area contributed by atoms with Crippen molar-refractivity contribution in [3.05, 3.63) is 41.4 Å². The number of ketones is 1. The summed E-state index contributed by atoms with van der Waals surface area (Å²) in [6.45, 7) is 6.97. The molecule has 0 spiro atoms. The largest absolute Gasteiger partial charge is 0.381 e. The minimum atomic E-state index is -0.538. The summed E-state index contributed by atoms with van der Waals surface area (Å²) in [5.74, 6) is -0.678. The number of nitrogens with one attached hydrogen (secondary N) is 2. The number of nitrogens with zero attached hydrogens (tertiary/aromatic N) is 1. The van der Waals surface area contributed by atoms with Crippen LogP contribution in [0.15, 0.2) is 30.9 Å². The molecular formula is C26H35N3O4S. The van der Waals surface area contributed by atoms with Gasteiger partial charge in [-0.1, -0.05) is 19.6 Å². The molecule has 1 fully saturated rings. The zero-order chi connectivity index (χ0) is 24.5.